The first-order chi connectivity index (χ1) is 13.6. The minimum atomic E-state index is -0.601. The van der Waals surface area contributed by atoms with E-state index in [2.05, 4.69) is 5.16 Å². The zero-order chi connectivity index (χ0) is 19.7. The Morgan fingerprint density at radius 1 is 1.07 bits per heavy atom. The molecule has 9 heteroatoms. The maximum absolute atomic E-state index is 12.3. The van der Waals surface area contributed by atoms with Crippen LogP contribution in [0.1, 0.15) is 5.56 Å². The van der Waals surface area contributed by atoms with E-state index in [1.165, 1.54) is 11.7 Å². The highest BCUT2D eigenvalue weighted by atomic mass is 35.5. The largest absolute Gasteiger partial charge is 0.493 e. The average molecular weight is 405 g/mol. The number of aromatic nitrogens is 2. The number of benzene rings is 2. The molecule has 0 saturated heterocycles. The molecule has 0 atom stereocenters. The molecule has 1 aliphatic rings. The van der Waals surface area contributed by atoms with E-state index in [0.717, 1.165) is 0 Å². The van der Waals surface area contributed by atoms with Gasteiger partial charge in [0.1, 0.15) is 13.2 Å². The molecule has 0 amide bonds. The van der Waals surface area contributed by atoms with E-state index in [0.29, 0.717) is 58.2 Å². The lowest BCUT2D eigenvalue weighted by Gasteiger charge is -2.20. The molecule has 4 rings (SSSR count). The lowest BCUT2D eigenvalue weighted by molar-refractivity contribution is 0.171. The van der Waals surface area contributed by atoms with Gasteiger partial charge in [0.05, 0.1) is 20.8 Å². The summed E-state index contributed by atoms with van der Waals surface area (Å²) < 4.78 is 28.0. The number of fused-ring (bicyclic) bond motifs is 1. The lowest BCUT2D eigenvalue weighted by atomic mass is 10.1. The van der Waals surface area contributed by atoms with Gasteiger partial charge in [-0.2, -0.15) is 0 Å². The zero-order valence-electron chi connectivity index (χ0n) is 15.2. The summed E-state index contributed by atoms with van der Waals surface area (Å²) in [5.74, 6) is 1.99. The summed E-state index contributed by atoms with van der Waals surface area (Å²) in [6.45, 7) is 1.08. The summed E-state index contributed by atoms with van der Waals surface area (Å²) in [5.41, 5.74) is 1.31. The fourth-order valence-electron chi connectivity index (χ4n) is 2.99. The third-order valence-corrected chi connectivity index (χ3v) is 4.72. The Balaban J connectivity index is 1.73. The normalized spacial score (nSPS) is 12.7. The Labute approximate surface area is 165 Å². The Bertz CT molecular complexity index is 1070. The quantitative estimate of drug-likeness (QED) is 0.646. The second-order valence-corrected chi connectivity index (χ2v) is 6.42. The van der Waals surface area contributed by atoms with E-state index in [1.807, 2.05) is 0 Å². The molecule has 2 heterocycles. The van der Waals surface area contributed by atoms with Crippen molar-refractivity contribution in [3.05, 3.63) is 51.5 Å². The first-order valence-corrected chi connectivity index (χ1v) is 8.85. The first kappa shape index (κ1) is 18.2. The predicted molar refractivity (Wildman–Crippen MR) is 101 cm³/mol. The van der Waals surface area contributed by atoms with Crippen molar-refractivity contribution in [3.8, 4) is 34.4 Å². The van der Waals surface area contributed by atoms with Crippen molar-refractivity contribution in [2.24, 2.45) is 0 Å². The van der Waals surface area contributed by atoms with E-state index >= 15 is 0 Å². The number of hydrogen-bond acceptors (Lipinski definition) is 7. The molecule has 1 aromatic heterocycles. The van der Waals surface area contributed by atoms with Crippen LogP contribution in [0.2, 0.25) is 5.02 Å². The molecule has 0 spiro atoms. The smallest absolute Gasteiger partial charge is 0.442 e. The van der Waals surface area contributed by atoms with E-state index in [-0.39, 0.29) is 6.54 Å². The highest BCUT2D eigenvalue weighted by Gasteiger charge is 2.19. The molecule has 0 saturated carbocycles. The molecule has 0 unspecified atom stereocenters. The van der Waals surface area contributed by atoms with Crippen LogP contribution in [0.25, 0.3) is 11.4 Å². The number of hydrogen-bond donors (Lipinski definition) is 0. The van der Waals surface area contributed by atoms with Crippen molar-refractivity contribution < 1.29 is 23.5 Å². The Morgan fingerprint density at radius 2 is 1.79 bits per heavy atom. The molecule has 2 aromatic carbocycles. The maximum Gasteiger partial charge on any atom is 0.442 e. The third kappa shape index (κ3) is 3.27. The Morgan fingerprint density at radius 3 is 2.50 bits per heavy atom. The van der Waals surface area contributed by atoms with Crippen LogP contribution in [0.15, 0.2) is 39.6 Å². The fourth-order valence-corrected chi connectivity index (χ4v) is 3.20. The van der Waals surface area contributed by atoms with Crippen molar-refractivity contribution in [2.45, 2.75) is 6.54 Å². The number of nitrogens with zero attached hydrogens (tertiary/aromatic N) is 2. The van der Waals surface area contributed by atoms with Gasteiger partial charge in [-0.25, -0.2) is 4.79 Å². The van der Waals surface area contributed by atoms with Crippen molar-refractivity contribution in [1.82, 2.24) is 9.72 Å². The minimum absolute atomic E-state index is 0.154. The van der Waals surface area contributed by atoms with Crippen LogP contribution in [0.3, 0.4) is 0 Å². The molecule has 146 valence electrons. The molecular formula is C19H17ClN2O6. The summed E-state index contributed by atoms with van der Waals surface area (Å²) in [7, 11) is 3.08. The number of methoxy groups -OCH3 is 2. The fraction of sp³-hybridized carbons (Fsp3) is 0.263. The molecule has 0 bridgehead atoms. The molecule has 28 heavy (non-hydrogen) atoms. The summed E-state index contributed by atoms with van der Waals surface area (Å²) in [4.78, 5) is 12.3. The van der Waals surface area contributed by atoms with Gasteiger partial charge in [0.2, 0.25) is 0 Å². The van der Waals surface area contributed by atoms with Gasteiger partial charge in [0, 0.05) is 16.7 Å². The molecule has 0 fully saturated rings. The number of rotatable bonds is 5. The van der Waals surface area contributed by atoms with Crippen molar-refractivity contribution in [1.29, 1.82) is 0 Å². The molecular weight excluding hydrogens is 388 g/mol. The number of ether oxygens (including phenoxy) is 4. The topological polar surface area (TPSA) is 85.0 Å². The number of halogens is 1. The van der Waals surface area contributed by atoms with E-state index < -0.39 is 5.76 Å². The van der Waals surface area contributed by atoms with E-state index in [4.69, 9.17) is 35.1 Å². The van der Waals surface area contributed by atoms with E-state index in [1.54, 1.807) is 37.4 Å². The van der Waals surface area contributed by atoms with E-state index in [9.17, 15) is 4.79 Å². The lowest BCUT2D eigenvalue weighted by Crippen LogP contribution is -2.18. The molecule has 3 aromatic rings. The van der Waals surface area contributed by atoms with Gasteiger partial charge in [0.15, 0.2) is 28.8 Å². The second-order valence-electron chi connectivity index (χ2n) is 6.02. The van der Waals surface area contributed by atoms with Crippen LogP contribution >= 0.6 is 11.6 Å². The van der Waals surface area contributed by atoms with Gasteiger partial charge in [-0.1, -0.05) is 16.8 Å². The minimum Gasteiger partial charge on any atom is -0.493 e. The van der Waals surface area contributed by atoms with Gasteiger partial charge in [-0.15, -0.1) is 0 Å². The van der Waals surface area contributed by atoms with Crippen LogP contribution in [0.4, 0.5) is 0 Å². The van der Waals surface area contributed by atoms with Crippen molar-refractivity contribution in [3.63, 3.8) is 0 Å². The van der Waals surface area contributed by atoms with Crippen LogP contribution in [-0.2, 0) is 6.54 Å². The van der Waals surface area contributed by atoms with Gasteiger partial charge < -0.3 is 18.9 Å². The molecule has 0 N–H and O–H groups in total. The van der Waals surface area contributed by atoms with Gasteiger partial charge in [-0.3, -0.25) is 9.09 Å². The average Bonchev–Trinajstić information content (AvgIpc) is 3.08. The second kappa shape index (κ2) is 7.47. The standard InChI is InChI=1S/C19H17ClN2O6/c1-24-14-4-3-11(7-15(14)25-2)18-21-28-19(23)22(18)10-12-8-16-17(9-13(12)20)27-6-5-26-16/h3-4,7-9H,5-6,10H2,1-2H3. The maximum atomic E-state index is 12.3. The monoisotopic (exact) mass is 404 g/mol. The van der Waals surface area contributed by atoms with Crippen LogP contribution in [0.5, 0.6) is 23.0 Å². The van der Waals surface area contributed by atoms with Crippen LogP contribution in [-0.4, -0.2) is 37.2 Å². The van der Waals surface area contributed by atoms with Crippen molar-refractivity contribution >= 4 is 11.6 Å². The van der Waals surface area contributed by atoms with Gasteiger partial charge in [-0.05, 0) is 29.8 Å². The van der Waals surface area contributed by atoms with Crippen molar-refractivity contribution in [2.75, 3.05) is 27.4 Å². The van der Waals surface area contributed by atoms with Gasteiger partial charge >= 0.3 is 5.76 Å². The molecule has 0 radical (unpaired) electrons. The SMILES string of the molecule is COc1ccc(-c2noc(=O)n2Cc2cc3c(cc2Cl)OCCO3)cc1OC. The zero-order valence-corrected chi connectivity index (χ0v) is 16.0. The highest BCUT2D eigenvalue weighted by molar-refractivity contribution is 6.31. The summed E-state index contributed by atoms with van der Waals surface area (Å²) >= 11 is 6.38. The Kier molecular flexibility index (Phi) is 4.87. The third-order valence-electron chi connectivity index (χ3n) is 4.37. The Hall–Kier alpha value is -3.13. The predicted octanol–water partition coefficient (Wildman–Crippen LogP) is 2.99. The van der Waals surface area contributed by atoms with Crippen LogP contribution < -0.4 is 24.7 Å². The van der Waals surface area contributed by atoms with Crippen LogP contribution in [0, 0.1) is 0 Å². The summed E-state index contributed by atoms with van der Waals surface area (Å²) in [6, 6.07) is 8.65. The van der Waals surface area contributed by atoms with Gasteiger partial charge in [0.25, 0.3) is 0 Å². The molecule has 1 aliphatic heterocycles. The highest BCUT2D eigenvalue weighted by Crippen LogP contribution is 2.36. The first-order valence-electron chi connectivity index (χ1n) is 8.47. The summed E-state index contributed by atoms with van der Waals surface area (Å²) in [6.07, 6.45) is 0. The summed E-state index contributed by atoms with van der Waals surface area (Å²) in [5, 5.41) is 4.36. The molecule has 0 aliphatic carbocycles. The molecule has 8 nitrogen and oxygen atoms in total.